The second-order valence-corrected chi connectivity index (χ2v) is 7.98. The predicted molar refractivity (Wildman–Crippen MR) is 126 cm³/mol. The highest BCUT2D eigenvalue weighted by atomic mass is 35.5. The second-order valence-electron chi connectivity index (χ2n) is 7.17. The molecule has 8 heteroatoms. The van der Waals surface area contributed by atoms with Crippen LogP contribution < -0.4 is 5.32 Å². The first-order valence-corrected chi connectivity index (χ1v) is 10.3. The van der Waals surface area contributed by atoms with Crippen molar-refractivity contribution in [2.45, 2.75) is 20.8 Å². The van der Waals surface area contributed by atoms with Crippen molar-refractivity contribution >= 4 is 46.8 Å². The zero-order valence-electron chi connectivity index (χ0n) is 17.5. The zero-order valence-corrected chi connectivity index (χ0v) is 19.0. The lowest BCUT2D eigenvalue weighted by Crippen LogP contribution is -2.14. The van der Waals surface area contributed by atoms with Crippen molar-refractivity contribution in [2.24, 2.45) is 0 Å². The first kappa shape index (κ1) is 23.1. The summed E-state index contributed by atoms with van der Waals surface area (Å²) in [5.74, 6) is -1.65. The largest absolute Gasteiger partial charge is 0.478 e. The number of rotatable bonds is 5. The first-order chi connectivity index (χ1) is 15.1. The van der Waals surface area contributed by atoms with E-state index >= 15 is 0 Å². The molecule has 0 aliphatic rings. The molecule has 3 rings (SSSR count). The Morgan fingerprint density at radius 1 is 1.09 bits per heavy atom. The Morgan fingerprint density at radius 3 is 2.44 bits per heavy atom. The molecule has 0 bridgehead atoms. The number of aryl methyl sites for hydroxylation is 1. The van der Waals surface area contributed by atoms with Gasteiger partial charge in [-0.15, -0.1) is 0 Å². The summed E-state index contributed by atoms with van der Waals surface area (Å²) < 4.78 is 1.87. The van der Waals surface area contributed by atoms with Gasteiger partial charge in [0.1, 0.15) is 11.6 Å². The Kier molecular flexibility index (Phi) is 6.73. The summed E-state index contributed by atoms with van der Waals surface area (Å²) in [7, 11) is 0. The first-order valence-electron chi connectivity index (χ1n) is 9.54. The van der Waals surface area contributed by atoms with E-state index in [1.807, 2.05) is 30.6 Å². The number of carbonyl (C=O) groups excluding carboxylic acids is 1. The van der Waals surface area contributed by atoms with Gasteiger partial charge in [0.05, 0.1) is 10.6 Å². The number of anilines is 1. The van der Waals surface area contributed by atoms with Crippen LogP contribution >= 0.6 is 23.2 Å². The van der Waals surface area contributed by atoms with Gasteiger partial charge in [-0.2, -0.15) is 5.26 Å². The molecule has 0 saturated heterocycles. The predicted octanol–water partition coefficient (Wildman–Crippen LogP) is 5.95. The molecule has 0 unspecified atom stereocenters. The fourth-order valence-corrected chi connectivity index (χ4v) is 3.81. The summed E-state index contributed by atoms with van der Waals surface area (Å²) in [6.07, 6.45) is 1.52. The lowest BCUT2D eigenvalue weighted by molar-refractivity contribution is -0.112. The number of carboxylic acid groups (broad SMARTS) is 1. The number of benzene rings is 2. The molecule has 162 valence electrons. The number of hydrogen-bond acceptors (Lipinski definition) is 3. The molecule has 1 aromatic heterocycles. The average molecular weight is 468 g/mol. The van der Waals surface area contributed by atoms with Gasteiger partial charge in [0, 0.05) is 27.8 Å². The third kappa shape index (κ3) is 4.54. The van der Waals surface area contributed by atoms with Crippen LogP contribution in [0, 0.1) is 32.1 Å². The maximum Gasteiger partial charge on any atom is 0.337 e. The third-order valence-corrected chi connectivity index (χ3v) is 5.81. The van der Waals surface area contributed by atoms with Gasteiger partial charge < -0.3 is 15.0 Å². The van der Waals surface area contributed by atoms with E-state index in [-0.39, 0.29) is 16.2 Å². The molecule has 0 fully saturated rings. The van der Waals surface area contributed by atoms with Crippen molar-refractivity contribution in [1.82, 2.24) is 4.57 Å². The molecule has 6 nitrogen and oxygen atoms in total. The molecule has 2 N–H and O–H groups in total. The van der Waals surface area contributed by atoms with E-state index in [9.17, 15) is 20.0 Å². The number of hydrogen-bond donors (Lipinski definition) is 2. The normalized spacial score (nSPS) is 11.2. The Balaban J connectivity index is 1.97. The van der Waals surface area contributed by atoms with E-state index in [1.54, 1.807) is 37.3 Å². The van der Waals surface area contributed by atoms with Crippen LogP contribution in [0.1, 0.15) is 32.9 Å². The molecule has 0 spiro atoms. The highest BCUT2D eigenvalue weighted by molar-refractivity contribution is 6.33. The van der Waals surface area contributed by atoms with Crippen LogP contribution in [-0.4, -0.2) is 21.6 Å². The number of aromatic carboxylic acids is 1. The Hall–Kier alpha value is -3.53. The van der Waals surface area contributed by atoms with Gasteiger partial charge in [0.15, 0.2) is 0 Å². The van der Waals surface area contributed by atoms with Gasteiger partial charge in [-0.1, -0.05) is 29.3 Å². The number of nitriles is 1. The molecule has 0 atom stereocenters. The van der Waals surface area contributed by atoms with Gasteiger partial charge in [0.2, 0.25) is 0 Å². The number of nitrogens with one attached hydrogen (secondary N) is 1. The highest BCUT2D eigenvalue weighted by Crippen LogP contribution is 2.27. The Labute approximate surface area is 195 Å². The topological polar surface area (TPSA) is 95.1 Å². The fraction of sp³-hybridized carbons (Fsp3) is 0.125. The van der Waals surface area contributed by atoms with E-state index in [2.05, 4.69) is 5.32 Å². The number of nitrogens with zero attached hydrogens (tertiary/aromatic N) is 2. The average Bonchev–Trinajstić information content (AvgIpc) is 3.02. The Bertz CT molecular complexity index is 1320. The summed E-state index contributed by atoms with van der Waals surface area (Å²) in [5.41, 5.74) is 4.13. The molecule has 2 aromatic carbocycles. The number of carbonyl (C=O) groups is 2. The minimum Gasteiger partial charge on any atom is -0.478 e. The van der Waals surface area contributed by atoms with E-state index in [0.717, 1.165) is 11.4 Å². The monoisotopic (exact) mass is 467 g/mol. The fourth-order valence-electron chi connectivity index (χ4n) is 3.38. The van der Waals surface area contributed by atoms with Crippen LogP contribution in [0.15, 0.2) is 48.0 Å². The van der Waals surface area contributed by atoms with E-state index in [4.69, 9.17) is 23.2 Å². The molecule has 32 heavy (non-hydrogen) atoms. The molecule has 0 radical (unpaired) electrons. The van der Waals surface area contributed by atoms with Crippen molar-refractivity contribution in [3.63, 3.8) is 0 Å². The van der Waals surface area contributed by atoms with E-state index in [1.165, 1.54) is 12.1 Å². The number of halogens is 2. The molecule has 0 saturated carbocycles. The quantitative estimate of drug-likeness (QED) is 0.357. The van der Waals surface area contributed by atoms with E-state index in [0.29, 0.717) is 27.5 Å². The van der Waals surface area contributed by atoms with Crippen LogP contribution in [0.25, 0.3) is 11.8 Å². The maximum atomic E-state index is 12.7. The minimum atomic E-state index is -1.11. The maximum absolute atomic E-state index is 12.7. The van der Waals surface area contributed by atoms with Crippen LogP contribution in [-0.2, 0) is 4.79 Å². The van der Waals surface area contributed by atoms with Gasteiger partial charge in [-0.3, -0.25) is 4.79 Å². The summed E-state index contributed by atoms with van der Waals surface area (Å²) in [5, 5.41) is 22.1. The summed E-state index contributed by atoms with van der Waals surface area (Å²) >= 11 is 12.2. The van der Waals surface area contributed by atoms with Crippen molar-refractivity contribution in [3.05, 3.63) is 86.2 Å². The second kappa shape index (κ2) is 9.31. The van der Waals surface area contributed by atoms with E-state index < -0.39 is 11.9 Å². The SMILES string of the molecule is Cc1c(Cl)cccc1NC(=O)/C(C#N)=C\c1cc(C)n(-c2ccc(C(=O)O)c(Cl)c2)c1C. The number of aromatic nitrogens is 1. The molecule has 1 heterocycles. The highest BCUT2D eigenvalue weighted by Gasteiger charge is 2.16. The molecule has 3 aromatic rings. The zero-order chi connectivity index (χ0) is 23.6. The third-order valence-electron chi connectivity index (χ3n) is 5.09. The Morgan fingerprint density at radius 2 is 1.81 bits per heavy atom. The van der Waals surface area contributed by atoms with Crippen LogP contribution in [0.2, 0.25) is 10.0 Å². The lowest BCUT2D eigenvalue weighted by Gasteiger charge is -2.11. The molecular weight excluding hydrogens is 449 g/mol. The molecule has 0 aliphatic heterocycles. The standard InChI is InChI=1S/C24H19Cl2N3O3/c1-13-9-16(15(3)29(13)18-7-8-19(24(31)32)21(26)11-18)10-17(12-27)23(30)28-22-6-4-5-20(25)14(22)2/h4-11H,1-3H3,(H,28,30)(H,31,32)/b17-10-. The van der Waals surface area contributed by atoms with Crippen molar-refractivity contribution in [1.29, 1.82) is 5.26 Å². The smallest absolute Gasteiger partial charge is 0.337 e. The number of carboxylic acids is 1. The van der Waals surface area contributed by atoms with Crippen LogP contribution in [0.3, 0.4) is 0 Å². The van der Waals surface area contributed by atoms with Gasteiger partial charge in [-0.05, 0) is 74.4 Å². The van der Waals surface area contributed by atoms with Crippen LogP contribution in [0.5, 0.6) is 0 Å². The van der Waals surface area contributed by atoms with Gasteiger partial charge >= 0.3 is 5.97 Å². The van der Waals surface area contributed by atoms with Gasteiger partial charge in [-0.25, -0.2) is 4.79 Å². The molecular formula is C24H19Cl2N3O3. The number of amides is 1. The van der Waals surface area contributed by atoms with Crippen LogP contribution in [0.4, 0.5) is 5.69 Å². The molecule has 1 amide bonds. The molecule has 0 aliphatic carbocycles. The summed E-state index contributed by atoms with van der Waals surface area (Å²) in [6.45, 7) is 5.48. The van der Waals surface area contributed by atoms with Crippen molar-refractivity contribution in [3.8, 4) is 11.8 Å². The minimum absolute atomic E-state index is 0.0118. The summed E-state index contributed by atoms with van der Waals surface area (Å²) in [4.78, 5) is 23.9. The summed E-state index contributed by atoms with van der Waals surface area (Å²) in [6, 6.07) is 13.6. The van der Waals surface area contributed by atoms with Gasteiger partial charge in [0.25, 0.3) is 5.91 Å². The van der Waals surface area contributed by atoms with Crippen molar-refractivity contribution < 1.29 is 14.7 Å². The van der Waals surface area contributed by atoms with Crippen molar-refractivity contribution in [2.75, 3.05) is 5.32 Å². The lowest BCUT2D eigenvalue weighted by atomic mass is 10.1.